The first-order valence-electron chi connectivity index (χ1n) is 7.38. The molecule has 6 heteroatoms. The lowest BCUT2D eigenvalue weighted by atomic mass is 10.1. The van der Waals surface area contributed by atoms with Crippen LogP contribution in [0.25, 0.3) is 0 Å². The normalized spacial score (nSPS) is 13.3. The number of rotatable bonds is 5. The second-order valence-corrected chi connectivity index (χ2v) is 5.34. The first-order chi connectivity index (χ1) is 11.2. The molecule has 1 saturated carbocycles. The van der Waals surface area contributed by atoms with Gasteiger partial charge in [0.15, 0.2) is 0 Å². The van der Waals surface area contributed by atoms with Crippen LogP contribution in [0.4, 0.5) is 5.69 Å². The van der Waals surface area contributed by atoms with E-state index < -0.39 is 0 Å². The highest BCUT2D eigenvalue weighted by Crippen LogP contribution is 2.22. The van der Waals surface area contributed by atoms with E-state index in [1.807, 2.05) is 0 Å². The molecule has 118 valence electrons. The van der Waals surface area contributed by atoms with Gasteiger partial charge in [0.25, 0.3) is 11.8 Å². The van der Waals surface area contributed by atoms with Crippen molar-refractivity contribution in [1.29, 1.82) is 0 Å². The number of hydrogen-bond acceptors (Lipinski definition) is 4. The van der Waals surface area contributed by atoms with Crippen LogP contribution in [0.3, 0.4) is 0 Å². The molecule has 2 amide bonds. The van der Waals surface area contributed by atoms with Gasteiger partial charge in [-0.2, -0.15) is 0 Å². The molecule has 0 atom stereocenters. The summed E-state index contributed by atoms with van der Waals surface area (Å²) >= 11 is 0. The van der Waals surface area contributed by atoms with E-state index in [2.05, 4.69) is 15.6 Å². The summed E-state index contributed by atoms with van der Waals surface area (Å²) < 4.78 is 4.96. The van der Waals surface area contributed by atoms with Crippen LogP contribution in [0.2, 0.25) is 0 Å². The SMILES string of the molecule is COc1ccc(C(=O)Nc2ccccc2C(=O)NC2CC2)cn1. The third kappa shape index (κ3) is 3.66. The Morgan fingerprint density at radius 2 is 1.91 bits per heavy atom. The monoisotopic (exact) mass is 311 g/mol. The van der Waals surface area contributed by atoms with Crippen molar-refractivity contribution >= 4 is 17.5 Å². The summed E-state index contributed by atoms with van der Waals surface area (Å²) in [6, 6.07) is 10.4. The molecule has 0 radical (unpaired) electrons. The van der Waals surface area contributed by atoms with E-state index in [-0.39, 0.29) is 17.9 Å². The molecular weight excluding hydrogens is 294 g/mol. The summed E-state index contributed by atoms with van der Waals surface area (Å²) in [7, 11) is 1.51. The number of nitrogens with one attached hydrogen (secondary N) is 2. The zero-order chi connectivity index (χ0) is 16.2. The minimum atomic E-state index is -0.327. The average molecular weight is 311 g/mol. The Labute approximate surface area is 133 Å². The molecule has 1 heterocycles. The number of para-hydroxylation sites is 1. The number of amides is 2. The van der Waals surface area contributed by atoms with Crippen molar-refractivity contribution in [1.82, 2.24) is 10.3 Å². The van der Waals surface area contributed by atoms with Crippen LogP contribution in [0.15, 0.2) is 42.6 Å². The summed E-state index contributed by atoms with van der Waals surface area (Å²) in [5, 5.41) is 5.68. The molecule has 1 aliphatic rings. The van der Waals surface area contributed by atoms with Crippen LogP contribution in [0, 0.1) is 0 Å². The Hall–Kier alpha value is -2.89. The summed E-state index contributed by atoms with van der Waals surface area (Å²) in [4.78, 5) is 28.5. The molecule has 0 saturated heterocycles. The van der Waals surface area contributed by atoms with Gasteiger partial charge in [-0.15, -0.1) is 0 Å². The summed E-state index contributed by atoms with van der Waals surface area (Å²) in [5.41, 5.74) is 1.32. The quantitative estimate of drug-likeness (QED) is 0.887. The molecule has 0 spiro atoms. The molecule has 2 N–H and O–H groups in total. The van der Waals surface area contributed by atoms with E-state index in [4.69, 9.17) is 4.74 Å². The summed E-state index contributed by atoms with van der Waals surface area (Å²) in [6.07, 6.45) is 3.45. The van der Waals surface area contributed by atoms with Crippen molar-refractivity contribution in [3.05, 3.63) is 53.7 Å². The lowest BCUT2D eigenvalue weighted by Crippen LogP contribution is -2.27. The van der Waals surface area contributed by atoms with Gasteiger partial charge in [-0.3, -0.25) is 9.59 Å². The highest BCUT2D eigenvalue weighted by molar-refractivity contribution is 6.08. The molecule has 1 aliphatic carbocycles. The maximum atomic E-state index is 12.3. The molecule has 0 bridgehead atoms. The molecular formula is C17H17N3O3. The fourth-order valence-electron chi connectivity index (χ4n) is 2.11. The number of carbonyl (C=O) groups is 2. The molecule has 1 aromatic heterocycles. The number of carbonyl (C=O) groups excluding carboxylic acids is 2. The predicted octanol–water partition coefficient (Wildman–Crippen LogP) is 2.23. The average Bonchev–Trinajstić information content (AvgIpc) is 3.39. The van der Waals surface area contributed by atoms with Gasteiger partial charge in [0.2, 0.25) is 5.88 Å². The van der Waals surface area contributed by atoms with E-state index in [1.165, 1.54) is 13.3 Å². The summed E-state index contributed by atoms with van der Waals surface area (Å²) in [5.74, 6) is -0.0613. The van der Waals surface area contributed by atoms with E-state index >= 15 is 0 Å². The van der Waals surface area contributed by atoms with Crippen LogP contribution in [0.1, 0.15) is 33.6 Å². The predicted molar refractivity (Wildman–Crippen MR) is 85.7 cm³/mol. The van der Waals surface area contributed by atoms with E-state index in [0.717, 1.165) is 12.8 Å². The number of methoxy groups -OCH3 is 1. The second-order valence-electron chi connectivity index (χ2n) is 5.34. The lowest BCUT2D eigenvalue weighted by molar-refractivity contribution is 0.0952. The molecule has 1 aromatic carbocycles. The van der Waals surface area contributed by atoms with Crippen molar-refractivity contribution in [2.24, 2.45) is 0 Å². The highest BCUT2D eigenvalue weighted by atomic mass is 16.5. The van der Waals surface area contributed by atoms with Crippen LogP contribution in [0.5, 0.6) is 5.88 Å². The largest absolute Gasteiger partial charge is 0.481 e. The fourth-order valence-corrected chi connectivity index (χ4v) is 2.11. The molecule has 3 rings (SSSR count). The Morgan fingerprint density at radius 3 is 2.57 bits per heavy atom. The zero-order valence-corrected chi connectivity index (χ0v) is 12.7. The highest BCUT2D eigenvalue weighted by Gasteiger charge is 2.25. The van der Waals surface area contributed by atoms with E-state index in [9.17, 15) is 9.59 Å². The van der Waals surface area contributed by atoms with Crippen LogP contribution in [-0.4, -0.2) is 29.9 Å². The minimum absolute atomic E-state index is 0.170. The number of benzene rings is 1. The smallest absolute Gasteiger partial charge is 0.257 e. The fraction of sp³-hybridized carbons (Fsp3) is 0.235. The number of anilines is 1. The van der Waals surface area contributed by atoms with Crippen molar-refractivity contribution in [3.63, 3.8) is 0 Å². The standard InChI is InChI=1S/C17H17N3O3/c1-23-15-9-6-11(10-18-15)16(21)20-14-5-3-2-4-13(14)17(22)19-12-7-8-12/h2-6,9-10,12H,7-8H2,1H3,(H,19,22)(H,20,21). The van der Waals surface area contributed by atoms with E-state index in [0.29, 0.717) is 22.7 Å². The van der Waals surface area contributed by atoms with Crippen molar-refractivity contribution in [2.45, 2.75) is 18.9 Å². The Morgan fingerprint density at radius 1 is 1.13 bits per heavy atom. The molecule has 23 heavy (non-hydrogen) atoms. The van der Waals surface area contributed by atoms with Gasteiger partial charge in [-0.05, 0) is 31.0 Å². The van der Waals surface area contributed by atoms with Gasteiger partial charge in [-0.1, -0.05) is 12.1 Å². The van der Waals surface area contributed by atoms with E-state index in [1.54, 1.807) is 36.4 Å². The number of pyridine rings is 1. The third-order valence-electron chi connectivity index (χ3n) is 3.54. The molecule has 2 aromatic rings. The van der Waals surface area contributed by atoms with Gasteiger partial charge in [0.1, 0.15) is 0 Å². The summed E-state index contributed by atoms with van der Waals surface area (Å²) in [6.45, 7) is 0. The number of ether oxygens (including phenoxy) is 1. The number of hydrogen-bond donors (Lipinski definition) is 2. The zero-order valence-electron chi connectivity index (χ0n) is 12.7. The van der Waals surface area contributed by atoms with Crippen LogP contribution in [-0.2, 0) is 0 Å². The second kappa shape index (κ2) is 6.48. The minimum Gasteiger partial charge on any atom is -0.481 e. The maximum absolute atomic E-state index is 12.3. The molecule has 0 unspecified atom stereocenters. The third-order valence-corrected chi connectivity index (χ3v) is 3.54. The van der Waals surface area contributed by atoms with Gasteiger partial charge < -0.3 is 15.4 Å². The number of nitrogens with zero attached hydrogens (tertiary/aromatic N) is 1. The molecule has 6 nitrogen and oxygen atoms in total. The first kappa shape index (κ1) is 15.0. The van der Waals surface area contributed by atoms with Crippen molar-refractivity contribution < 1.29 is 14.3 Å². The molecule has 0 aliphatic heterocycles. The lowest BCUT2D eigenvalue weighted by Gasteiger charge is -2.11. The topological polar surface area (TPSA) is 80.3 Å². The maximum Gasteiger partial charge on any atom is 0.257 e. The van der Waals surface area contributed by atoms with Crippen LogP contribution < -0.4 is 15.4 Å². The first-order valence-corrected chi connectivity index (χ1v) is 7.38. The molecule has 1 fully saturated rings. The van der Waals surface area contributed by atoms with Gasteiger partial charge in [-0.25, -0.2) is 4.98 Å². The number of aromatic nitrogens is 1. The van der Waals surface area contributed by atoms with Gasteiger partial charge in [0, 0.05) is 18.3 Å². The van der Waals surface area contributed by atoms with Crippen LogP contribution >= 0.6 is 0 Å². The Kier molecular flexibility index (Phi) is 4.23. The Balaban J connectivity index is 1.75. The Bertz CT molecular complexity index is 724. The van der Waals surface area contributed by atoms with Crippen molar-refractivity contribution in [3.8, 4) is 5.88 Å². The van der Waals surface area contributed by atoms with Crippen molar-refractivity contribution in [2.75, 3.05) is 12.4 Å². The van der Waals surface area contributed by atoms with Gasteiger partial charge >= 0.3 is 0 Å². The van der Waals surface area contributed by atoms with Gasteiger partial charge in [0.05, 0.1) is 23.9 Å².